The summed E-state index contributed by atoms with van der Waals surface area (Å²) in [5.74, 6) is 0. The molecule has 5 heteroatoms. The number of aliphatic hydroxyl groups excluding tert-OH is 2. The minimum atomic E-state index is -0.572. The van der Waals surface area contributed by atoms with Gasteiger partial charge >= 0.3 is 0 Å². The zero-order valence-corrected chi connectivity index (χ0v) is 16.0. The van der Waals surface area contributed by atoms with Crippen LogP contribution in [0, 0.1) is 25.2 Å². The molecule has 1 aromatic carbocycles. The number of nitrogens with zero attached hydrogens (tertiary/aromatic N) is 3. The SMILES string of the molecule is Cc1cc(C(O)CN2C3CCCC2[C@@H](O)C3)c(C)n1-c1ccc(C#N)cc1. The minimum absolute atomic E-state index is 0.195. The van der Waals surface area contributed by atoms with Crippen molar-refractivity contribution in [1.29, 1.82) is 5.26 Å². The molecule has 27 heavy (non-hydrogen) atoms. The standard InChI is InChI=1S/C22H27N3O2/c1-14-10-19(15(2)25(14)17-8-6-16(12-23)7-9-17)22(27)13-24-18-4-3-5-20(24)21(26)11-18/h6-10,18,20-22,26-27H,3-5,11,13H2,1-2H3/t18?,20?,21-,22?/m0/s1. The topological polar surface area (TPSA) is 72.4 Å². The fourth-order valence-corrected chi connectivity index (χ4v) is 5.06. The summed E-state index contributed by atoms with van der Waals surface area (Å²) < 4.78 is 2.12. The van der Waals surface area contributed by atoms with E-state index < -0.39 is 6.10 Å². The molecule has 2 aliphatic rings. The Morgan fingerprint density at radius 3 is 2.63 bits per heavy atom. The minimum Gasteiger partial charge on any atom is -0.391 e. The van der Waals surface area contributed by atoms with Gasteiger partial charge in [0.15, 0.2) is 0 Å². The molecule has 4 atom stereocenters. The van der Waals surface area contributed by atoms with Crippen LogP contribution in [0.5, 0.6) is 0 Å². The van der Waals surface area contributed by atoms with Gasteiger partial charge in [-0.3, -0.25) is 4.90 Å². The highest BCUT2D eigenvalue weighted by Crippen LogP contribution is 2.37. The number of benzene rings is 1. The van der Waals surface area contributed by atoms with E-state index in [9.17, 15) is 10.2 Å². The van der Waals surface area contributed by atoms with Gasteiger partial charge in [-0.2, -0.15) is 5.26 Å². The number of aryl methyl sites for hydroxylation is 1. The van der Waals surface area contributed by atoms with Gasteiger partial charge in [0, 0.05) is 41.3 Å². The monoisotopic (exact) mass is 365 g/mol. The lowest BCUT2D eigenvalue weighted by molar-refractivity contribution is 0.0390. The molecular weight excluding hydrogens is 338 g/mol. The molecule has 1 aromatic heterocycles. The largest absolute Gasteiger partial charge is 0.391 e. The first-order chi connectivity index (χ1) is 13.0. The molecule has 2 fully saturated rings. The Hall–Kier alpha value is -2.13. The van der Waals surface area contributed by atoms with Crippen LogP contribution in [-0.4, -0.2) is 44.4 Å². The van der Waals surface area contributed by atoms with Crippen molar-refractivity contribution in [1.82, 2.24) is 9.47 Å². The summed E-state index contributed by atoms with van der Waals surface area (Å²) in [6.07, 6.45) is 3.32. The number of hydrogen-bond acceptors (Lipinski definition) is 4. The van der Waals surface area contributed by atoms with E-state index in [1.807, 2.05) is 38.1 Å². The van der Waals surface area contributed by atoms with Crippen LogP contribution >= 0.6 is 0 Å². The zero-order chi connectivity index (χ0) is 19.1. The second-order valence-electron chi connectivity index (χ2n) is 7.99. The number of piperidine rings is 1. The average Bonchev–Trinajstić information content (AvgIpc) is 3.03. The quantitative estimate of drug-likeness (QED) is 0.874. The van der Waals surface area contributed by atoms with Crippen LogP contribution in [0.4, 0.5) is 0 Å². The highest BCUT2D eigenvalue weighted by Gasteiger charge is 2.43. The maximum atomic E-state index is 11.0. The second-order valence-corrected chi connectivity index (χ2v) is 7.99. The van der Waals surface area contributed by atoms with Crippen molar-refractivity contribution in [3.05, 3.63) is 52.8 Å². The van der Waals surface area contributed by atoms with Crippen molar-refractivity contribution in [2.75, 3.05) is 6.54 Å². The summed E-state index contributed by atoms with van der Waals surface area (Å²) in [5.41, 5.74) is 4.66. The summed E-state index contributed by atoms with van der Waals surface area (Å²) in [4.78, 5) is 2.33. The van der Waals surface area contributed by atoms with Gasteiger partial charge in [-0.1, -0.05) is 6.42 Å². The van der Waals surface area contributed by atoms with Gasteiger partial charge in [-0.15, -0.1) is 0 Å². The van der Waals surface area contributed by atoms with Crippen LogP contribution in [0.15, 0.2) is 30.3 Å². The van der Waals surface area contributed by atoms with E-state index >= 15 is 0 Å². The number of aromatic nitrogens is 1. The predicted octanol–water partition coefficient (Wildman–Crippen LogP) is 2.99. The number of rotatable bonds is 4. The highest BCUT2D eigenvalue weighted by atomic mass is 16.3. The van der Waals surface area contributed by atoms with Crippen molar-refractivity contribution in [3.8, 4) is 11.8 Å². The van der Waals surface area contributed by atoms with Gasteiger partial charge in [-0.05, 0) is 63.4 Å². The van der Waals surface area contributed by atoms with Gasteiger partial charge < -0.3 is 14.8 Å². The molecule has 4 rings (SSSR count). The molecular formula is C22H27N3O2. The van der Waals surface area contributed by atoms with Crippen LogP contribution in [0.25, 0.3) is 5.69 Å². The van der Waals surface area contributed by atoms with Crippen molar-refractivity contribution < 1.29 is 10.2 Å². The molecule has 5 nitrogen and oxygen atoms in total. The van der Waals surface area contributed by atoms with Crippen molar-refractivity contribution >= 4 is 0 Å². The molecule has 2 N–H and O–H groups in total. The Labute approximate surface area is 160 Å². The van der Waals surface area contributed by atoms with Crippen LogP contribution in [-0.2, 0) is 0 Å². The Morgan fingerprint density at radius 2 is 1.96 bits per heavy atom. The van der Waals surface area contributed by atoms with Gasteiger partial charge in [0.05, 0.1) is 23.8 Å². The van der Waals surface area contributed by atoms with Crippen LogP contribution in [0.1, 0.15) is 54.3 Å². The fourth-order valence-electron chi connectivity index (χ4n) is 5.06. The van der Waals surface area contributed by atoms with E-state index in [0.717, 1.165) is 41.9 Å². The first-order valence-corrected chi connectivity index (χ1v) is 9.81. The first kappa shape index (κ1) is 18.2. The Balaban J connectivity index is 1.58. The lowest BCUT2D eigenvalue weighted by atomic mass is 10.0. The van der Waals surface area contributed by atoms with Crippen LogP contribution < -0.4 is 0 Å². The third-order valence-electron chi connectivity index (χ3n) is 6.36. The first-order valence-electron chi connectivity index (χ1n) is 9.81. The van der Waals surface area contributed by atoms with Crippen LogP contribution in [0.3, 0.4) is 0 Å². The number of aliphatic hydroxyl groups is 2. The van der Waals surface area contributed by atoms with Crippen LogP contribution in [0.2, 0.25) is 0 Å². The van der Waals surface area contributed by atoms with Gasteiger partial charge in [0.25, 0.3) is 0 Å². The van der Waals surface area contributed by atoms with E-state index in [0.29, 0.717) is 18.2 Å². The molecule has 0 amide bonds. The van der Waals surface area contributed by atoms with E-state index in [1.54, 1.807) is 0 Å². The smallest absolute Gasteiger partial charge is 0.0991 e. The third-order valence-corrected chi connectivity index (χ3v) is 6.36. The third kappa shape index (κ3) is 3.19. The summed E-state index contributed by atoms with van der Waals surface area (Å²) in [7, 11) is 0. The Bertz CT molecular complexity index is 865. The summed E-state index contributed by atoms with van der Waals surface area (Å²) in [5, 5.41) is 30.3. The molecule has 0 radical (unpaired) electrons. The highest BCUT2D eigenvalue weighted by molar-refractivity contribution is 5.45. The van der Waals surface area contributed by atoms with E-state index in [4.69, 9.17) is 5.26 Å². The van der Waals surface area contributed by atoms with Crippen molar-refractivity contribution in [2.45, 2.75) is 63.8 Å². The van der Waals surface area contributed by atoms with Crippen molar-refractivity contribution in [2.24, 2.45) is 0 Å². The van der Waals surface area contributed by atoms with Crippen molar-refractivity contribution in [3.63, 3.8) is 0 Å². The van der Waals surface area contributed by atoms with E-state index in [-0.39, 0.29) is 12.1 Å². The molecule has 0 spiro atoms. The van der Waals surface area contributed by atoms with Gasteiger partial charge in [0.1, 0.15) is 0 Å². The van der Waals surface area contributed by atoms with E-state index in [1.165, 1.54) is 6.42 Å². The summed E-state index contributed by atoms with van der Waals surface area (Å²) in [6.45, 7) is 4.64. The van der Waals surface area contributed by atoms with E-state index in [2.05, 4.69) is 21.6 Å². The maximum Gasteiger partial charge on any atom is 0.0991 e. The lowest BCUT2D eigenvalue weighted by Gasteiger charge is -2.36. The molecule has 2 aromatic rings. The molecule has 2 saturated heterocycles. The van der Waals surface area contributed by atoms with Gasteiger partial charge in [0.2, 0.25) is 0 Å². The maximum absolute atomic E-state index is 11.0. The Kier molecular flexibility index (Phi) is 4.81. The van der Waals surface area contributed by atoms with Gasteiger partial charge in [-0.25, -0.2) is 0 Å². The molecule has 142 valence electrons. The average molecular weight is 365 g/mol. The molecule has 3 heterocycles. The fraction of sp³-hybridized carbons (Fsp3) is 0.500. The normalized spacial score (nSPS) is 26.1. The molecule has 3 unspecified atom stereocenters. The molecule has 2 bridgehead atoms. The summed E-state index contributed by atoms with van der Waals surface area (Å²) in [6, 6.07) is 12.3. The predicted molar refractivity (Wildman–Crippen MR) is 104 cm³/mol. The number of hydrogen-bond donors (Lipinski definition) is 2. The summed E-state index contributed by atoms with van der Waals surface area (Å²) >= 11 is 0. The molecule has 0 aliphatic carbocycles. The zero-order valence-electron chi connectivity index (χ0n) is 16.0. The number of nitriles is 1. The molecule has 0 saturated carbocycles. The number of fused-ring (bicyclic) bond motifs is 2. The molecule has 2 aliphatic heterocycles. The second kappa shape index (κ2) is 7.12. The lowest BCUT2D eigenvalue weighted by Crippen LogP contribution is -2.44. The Morgan fingerprint density at radius 1 is 1.22 bits per heavy atom.